The van der Waals surface area contributed by atoms with Crippen LogP contribution in [-0.4, -0.2) is 12.5 Å². The molecule has 2 rings (SSSR count). The highest BCUT2D eigenvalue weighted by Crippen LogP contribution is 2.21. The van der Waals surface area contributed by atoms with Gasteiger partial charge in [-0.2, -0.15) is 0 Å². The number of benzene rings is 2. The first-order valence-corrected chi connectivity index (χ1v) is 9.18. The van der Waals surface area contributed by atoms with Crippen molar-refractivity contribution in [1.29, 1.82) is 0 Å². The molecule has 0 aromatic heterocycles. The van der Waals surface area contributed by atoms with Gasteiger partial charge in [0.15, 0.2) is 0 Å². The summed E-state index contributed by atoms with van der Waals surface area (Å²) in [6.45, 7) is 9.21. The second kappa shape index (κ2) is 9.26. The monoisotopic (exact) mass is 339 g/mol. The first-order chi connectivity index (χ1) is 12.0. The highest BCUT2D eigenvalue weighted by atomic mass is 16.5. The fourth-order valence-corrected chi connectivity index (χ4v) is 2.70. The lowest BCUT2D eigenvalue weighted by Gasteiger charge is -2.18. The maximum atomic E-state index is 12.5. The Kier molecular flexibility index (Phi) is 7.05. The van der Waals surface area contributed by atoms with Crippen molar-refractivity contribution in [2.45, 2.75) is 52.5 Å². The molecular formula is C22H29NO2. The highest BCUT2D eigenvalue weighted by molar-refractivity contribution is 5.94. The molecule has 3 nitrogen and oxygen atoms in total. The normalized spacial score (nSPS) is 12.0. The van der Waals surface area contributed by atoms with Gasteiger partial charge in [-0.05, 0) is 54.2 Å². The van der Waals surface area contributed by atoms with E-state index < -0.39 is 0 Å². The Labute approximate surface area is 151 Å². The van der Waals surface area contributed by atoms with Gasteiger partial charge in [0.2, 0.25) is 0 Å². The third-order valence-corrected chi connectivity index (χ3v) is 4.31. The molecule has 1 amide bonds. The van der Waals surface area contributed by atoms with Crippen LogP contribution in [0.2, 0.25) is 0 Å². The molecule has 0 bridgehead atoms. The second-order valence-electron chi connectivity index (χ2n) is 6.63. The van der Waals surface area contributed by atoms with Gasteiger partial charge in [-0.25, -0.2) is 0 Å². The van der Waals surface area contributed by atoms with Crippen molar-refractivity contribution in [2.24, 2.45) is 0 Å². The molecule has 0 spiro atoms. The Morgan fingerprint density at radius 3 is 2.08 bits per heavy atom. The molecule has 0 saturated heterocycles. The second-order valence-corrected chi connectivity index (χ2v) is 6.63. The van der Waals surface area contributed by atoms with E-state index in [4.69, 9.17) is 4.74 Å². The van der Waals surface area contributed by atoms with Crippen LogP contribution in [0.5, 0.6) is 5.75 Å². The van der Waals surface area contributed by atoms with E-state index in [1.165, 1.54) is 5.56 Å². The third kappa shape index (κ3) is 5.35. The smallest absolute Gasteiger partial charge is 0.251 e. The number of rotatable bonds is 8. The Morgan fingerprint density at radius 2 is 1.56 bits per heavy atom. The molecule has 0 fully saturated rings. The van der Waals surface area contributed by atoms with Crippen LogP contribution in [-0.2, 0) is 0 Å². The number of nitrogens with one attached hydrogen (secondary N) is 1. The van der Waals surface area contributed by atoms with Crippen LogP contribution in [0.4, 0.5) is 0 Å². The summed E-state index contributed by atoms with van der Waals surface area (Å²) >= 11 is 0. The SMILES string of the molecule is CCCOc1ccc(C(=O)NC(CC)c2ccc(C(C)C)cc2)cc1. The minimum absolute atomic E-state index is 0.0183. The van der Waals surface area contributed by atoms with Crippen LogP contribution in [0, 0.1) is 0 Å². The van der Waals surface area contributed by atoms with Crippen LogP contribution in [0.25, 0.3) is 0 Å². The average molecular weight is 339 g/mol. The number of carbonyl (C=O) groups excluding carboxylic acids is 1. The van der Waals surface area contributed by atoms with Crippen LogP contribution >= 0.6 is 0 Å². The van der Waals surface area contributed by atoms with Crippen molar-refractivity contribution in [2.75, 3.05) is 6.61 Å². The maximum absolute atomic E-state index is 12.5. The van der Waals surface area contributed by atoms with Crippen molar-refractivity contribution < 1.29 is 9.53 Å². The molecule has 1 unspecified atom stereocenters. The van der Waals surface area contributed by atoms with Crippen molar-refractivity contribution in [3.8, 4) is 5.75 Å². The van der Waals surface area contributed by atoms with Crippen molar-refractivity contribution in [3.63, 3.8) is 0 Å². The van der Waals surface area contributed by atoms with Crippen LogP contribution in [0.15, 0.2) is 48.5 Å². The molecule has 134 valence electrons. The zero-order valence-corrected chi connectivity index (χ0v) is 15.7. The number of amides is 1. The minimum Gasteiger partial charge on any atom is -0.494 e. The lowest BCUT2D eigenvalue weighted by molar-refractivity contribution is 0.0935. The Balaban J connectivity index is 2.03. The Morgan fingerprint density at radius 1 is 0.960 bits per heavy atom. The van der Waals surface area contributed by atoms with E-state index in [1.807, 2.05) is 24.3 Å². The Bertz CT molecular complexity index is 659. The quantitative estimate of drug-likeness (QED) is 0.691. The third-order valence-electron chi connectivity index (χ3n) is 4.31. The van der Waals surface area contributed by atoms with E-state index in [0.717, 1.165) is 24.2 Å². The predicted molar refractivity (Wildman–Crippen MR) is 103 cm³/mol. The predicted octanol–water partition coefficient (Wildman–Crippen LogP) is 5.48. The van der Waals surface area contributed by atoms with Gasteiger partial charge in [0.25, 0.3) is 5.91 Å². The summed E-state index contributed by atoms with van der Waals surface area (Å²) in [5, 5.41) is 3.13. The summed E-state index contributed by atoms with van der Waals surface area (Å²) < 4.78 is 5.56. The number of hydrogen-bond acceptors (Lipinski definition) is 2. The van der Waals surface area contributed by atoms with Crippen LogP contribution < -0.4 is 10.1 Å². The van der Waals surface area contributed by atoms with E-state index in [9.17, 15) is 4.79 Å². The molecule has 0 aliphatic heterocycles. The molecule has 3 heteroatoms. The summed E-state index contributed by atoms with van der Waals surface area (Å²) in [5.41, 5.74) is 3.11. The van der Waals surface area contributed by atoms with Crippen LogP contribution in [0.3, 0.4) is 0 Å². The van der Waals surface area contributed by atoms with Gasteiger partial charge in [-0.15, -0.1) is 0 Å². The molecule has 0 aliphatic carbocycles. The molecule has 0 saturated carbocycles. The summed E-state index contributed by atoms with van der Waals surface area (Å²) in [6.07, 6.45) is 1.82. The minimum atomic E-state index is -0.0539. The lowest BCUT2D eigenvalue weighted by Crippen LogP contribution is -2.28. The molecule has 25 heavy (non-hydrogen) atoms. The summed E-state index contributed by atoms with van der Waals surface area (Å²) in [4.78, 5) is 12.5. The first kappa shape index (κ1) is 19.0. The topological polar surface area (TPSA) is 38.3 Å². The van der Waals surface area contributed by atoms with Crippen molar-refractivity contribution in [3.05, 3.63) is 65.2 Å². The van der Waals surface area contributed by atoms with Gasteiger partial charge >= 0.3 is 0 Å². The van der Waals surface area contributed by atoms with E-state index in [2.05, 4.69) is 57.3 Å². The number of ether oxygens (including phenoxy) is 1. The van der Waals surface area contributed by atoms with E-state index in [1.54, 1.807) is 0 Å². The number of hydrogen-bond donors (Lipinski definition) is 1. The first-order valence-electron chi connectivity index (χ1n) is 9.18. The van der Waals surface area contributed by atoms with E-state index in [-0.39, 0.29) is 11.9 Å². The average Bonchev–Trinajstić information content (AvgIpc) is 2.64. The van der Waals surface area contributed by atoms with Gasteiger partial charge in [0, 0.05) is 5.56 Å². The fourth-order valence-electron chi connectivity index (χ4n) is 2.70. The van der Waals surface area contributed by atoms with Gasteiger partial charge < -0.3 is 10.1 Å². The molecule has 1 atom stereocenters. The molecule has 0 heterocycles. The summed E-state index contributed by atoms with van der Waals surface area (Å²) in [6, 6.07) is 15.9. The molecule has 1 N–H and O–H groups in total. The zero-order valence-electron chi connectivity index (χ0n) is 15.7. The van der Waals surface area contributed by atoms with Crippen molar-refractivity contribution in [1.82, 2.24) is 5.32 Å². The number of carbonyl (C=O) groups is 1. The van der Waals surface area contributed by atoms with Crippen molar-refractivity contribution >= 4 is 5.91 Å². The lowest BCUT2D eigenvalue weighted by atomic mass is 9.98. The highest BCUT2D eigenvalue weighted by Gasteiger charge is 2.14. The summed E-state index contributed by atoms with van der Waals surface area (Å²) in [5.74, 6) is 1.26. The molecular weight excluding hydrogens is 310 g/mol. The summed E-state index contributed by atoms with van der Waals surface area (Å²) in [7, 11) is 0. The van der Waals surface area contributed by atoms with Gasteiger partial charge in [0.1, 0.15) is 5.75 Å². The molecule has 2 aromatic carbocycles. The van der Waals surface area contributed by atoms with Gasteiger partial charge in [-0.3, -0.25) is 4.79 Å². The van der Waals surface area contributed by atoms with Gasteiger partial charge in [0.05, 0.1) is 12.6 Å². The van der Waals surface area contributed by atoms with Gasteiger partial charge in [-0.1, -0.05) is 52.0 Å². The standard InChI is InChI=1S/C22H29NO2/c1-5-15-25-20-13-11-19(12-14-20)22(24)23-21(6-2)18-9-7-17(8-10-18)16(3)4/h7-14,16,21H,5-6,15H2,1-4H3,(H,23,24). The largest absolute Gasteiger partial charge is 0.494 e. The van der Waals surface area contributed by atoms with Crippen LogP contribution in [0.1, 0.15) is 74.0 Å². The zero-order chi connectivity index (χ0) is 18.2. The maximum Gasteiger partial charge on any atom is 0.251 e. The van der Waals surface area contributed by atoms with E-state index >= 15 is 0 Å². The van der Waals surface area contributed by atoms with E-state index in [0.29, 0.717) is 18.1 Å². The Hall–Kier alpha value is -2.29. The molecule has 0 aliphatic rings. The fraction of sp³-hybridized carbons (Fsp3) is 0.409. The molecule has 2 aromatic rings. The molecule has 0 radical (unpaired) electrons.